The Morgan fingerprint density at radius 2 is 1.90 bits per heavy atom. The molecule has 1 aliphatic heterocycles. The monoisotopic (exact) mass is 332 g/mol. The third kappa shape index (κ3) is 4.15. The summed E-state index contributed by atoms with van der Waals surface area (Å²) < 4.78 is 24.6. The molecule has 1 aromatic rings. The molecule has 0 bridgehead atoms. The molecule has 120 valence electrons. The van der Waals surface area contributed by atoms with E-state index >= 15 is 0 Å². The van der Waals surface area contributed by atoms with Crippen LogP contribution in [-0.4, -0.2) is 56.7 Å². The van der Waals surface area contributed by atoms with Crippen LogP contribution in [0.15, 0.2) is 0 Å². The van der Waals surface area contributed by atoms with Gasteiger partial charge in [-0.2, -0.15) is 4.31 Å². The van der Waals surface area contributed by atoms with Gasteiger partial charge in [0, 0.05) is 37.6 Å². The molecule has 0 atom stereocenters. The molecule has 1 fully saturated rings. The predicted molar refractivity (Wildman–Crippen MR) is 87.5 cm³/mol. The van der Waals surface area contributed by atoms with Gasteiger partial charge in [0.2, 0.25) is 10.0 Å². The van der Waals surface area contributed by atoms with Crippen molar-refractivity contribution in [1.82, 2.24) is 14.6 Å². The molecule has 6 nitrogen and oxygen atoms in total. The number of thiazole rings is 1. The average Bonchev–Trinajstić information content (AvgIpc) is 2.87. The van der Waals surface area contributed by atoms with Crippen molar-refractivity contribution in [3.05, 3.63) is 10.6 Å². The maximum absolute atomic E-state index is 11.5. The van der Waals surface area contributed by atoms with Gasteiger partial charge in [-0.15, -0.1) is 11.3 Å². The molecule has 8 heteroatoms. The van der Waals surface area contributed by atoms with E-state index in [0.717, 1.165) is 30.3 Å². The Morgan fingerprint density at radius 1 is 1.24 bits per heavy atom. The summed E-state index contributed by atoms with van der Waals surface area (Å²) in [7, 11) is -3.07. The maximum Gasteiger partial charge on any atom is 0.211 e. The molecule has 0 amide bonds. The van der Waals surface area contributed by atoms with Gasteiger partial charge < -0.3 is 10.2 Å². The van der Waals surface area contributed by atoms with Crippen molar-refractivity contribution in [2.45, 2.75) is 26.8 Å². The van der Waals surface area contributed by atoms with Crippen LogP contribution in [0, 0.1) is 0 Å². The summed E-state index contributed by atoms with van der Waals surface area (Å²) in [4.78, 5) is 8.22. The lowest BCUT2D eigenvalue weighted by atomic mass is 10.3. The highest BCUT2D eigenvalue weighted by Crippen LogP contribution is 2.27. The molecule has 0 unspecified atom stereocenters. The van der Waals surface area contributed by atoms with E-state index in [4.69, 9.17) is 4.98 Å². The van der Waals surface area contributed by atoms with Gasteiger partial charge in [0.1, 0.15) is 0 Å². The van der Waals surface area contributed by atoms with E-state index in [-0.39, 0.29) is 0 Å². The Labute approximate surface area is 131 Å². The number of aryl methyl sites for hydroxylation is 1. The van der Waals surface area contributed by atoms with Gasteiger partial charge in [-0.3, -0.25) is 0 Å². The highest BCUT2D eigenvalue weighted by atomic mass is 32.2. The molecule has 21 heavy (non-hydrogen) atoms. The normalized spacial score (nSPS) is 17.4. The van der Waals surface area contributed by atoms with Crippen molar-refractivity contribution in [2.24, 2.45) is 0 Å². The summed E-state index contributed by atoms with van der Waals surface area (Å²) in [6, 6.07) is 0. The number of nitrogens with one attached hydrogen (secondary N) is 1. The van der Waals surface area contributed by atoms with Crippen LogP contribution in [0.2, 0.25) is 0 Å². The minimum absolute atomic E-state index is 0.544. The van der Waals surface area contributed by atoms with Crippen molar-refractivity contribution in [1.29, 1.82) is 0 Å². The number of anilines is 1. The average molecular weight is 332 g/mol. The van der Waals surface area contributed by atoms with Gasteiger partial charge in [-0.1, -0.05) is 13.8 Å². The number of sulfonamides is 1. The Hall–Kier alpha value is -0.700. The first-order chi connectivity index (χ1) is 9.95. The van der Waals surface area contributed by atoms with E-state index < -0.39 is 10.0 Å². The molecule has 2 rings (SSSR count). The SMILES string of the molecule is CCNCc1sc(N2CCN(S(C)(=O)=O)CC2)nc1CC. The number of hydrogen-bond acceptors (Lipinski definition) is 6. The molecule has 2 heterocycles. The third-order valence-electron chi connectivity index (χ3n) is 3.62. The molecular formula is C13H24N4O2S2. The van der Waals surface area contributed by atoms with E-state index in [1.54, 1.807) is 11.3 Å². The third-order valence-corrected chi connectivity index (χ3v) is 6.08. The topological polar surface area (TPSA) is 65.5 Å². The van der Waals surface area contributed by atoms with Crippen LogP contribution in [0.5, 0.6) is 0 Å². The number of nitrogens with zero attached hydrogens (tertiary/aromatic N) is 3. The lowest BCUT2D eigenvalue weighted by molar-refractivity contribution is 0.388. The van der Waals surface area contributed by atoms with Crippen LogP contribution in [-0.2, 0) is 23.0 Å². The first kappa shape index (κ1) is 16.7. The number of rotatable bonds is 6. The second-order valence-electron chi connectivity index (χ2n) is 5.15. The number of aromatic nitrogens is 1. The Kier molecular flexibility index (Phi) is 5.59. The molecule has 0 saturated carbocycles. The van der Waals surface area contributed by atoms with Crippen molar-refractivity contribution >= 4 is 26.5 Å². The molecule has 1 saturated heterocycles. The van der Waals surface area contributed by atoms with Crippen LogP contribution in [0.1, 0.15) is 24.4 Å². The fourth-order valence-corrected chi connectivity index (χ4v) is 4.37. The molecule has 0 aliphatic carbocycles. The Bertz CT molecular complexity index is 563. The van der Waals surface area contributed by atoms with Crippen molar-refractivity contribution in [3.63, 3.8) is 0 Å². The summed E-state index contributed by atoms with van der Waals surface area (Å²) in [6.45, 7) is 8.54. The summed E-state index contributed by atoms with van der Waals surface area (Å²) in [5.41, 5.74) is 1.15. The van der Waals surface area contributed by atoms with E-state index in [1.165, 1.54) is 15.4 Å². The van der Waals surface area contributed by atoms with Gasteiger partial charge in [-0.25, -0.2) is 13.4 Å². The van der Waals surface area contributed by atoms with E-state index in [0.29, 0.717) is 26.2 Å². The molecule has 1 aliphatic rings. The Morgan fingerprint density at radius 3 is 2.43 bits per heavy atom. The fourth-order valence-electron chi connectivity index (χ4n) is 2.37. The van der Waals surface area contributed by atoms with Crippen LogP contribution in [0.3, 0.4) is 0 Å². The van der Waals surface area contributed by atoms with E-state index in [1.807, 2.05) is 0 Å². The van der Waals surface area contributed by atoms with Gasteiger partial charge in [0.05, 0.1) is 11.9 Å². The van der Waals surface area contributed by atoms with Crippen molar-refractivity contribution in [3.8, 4) is 0 Å². The summed E-state index contributed by atoms with van der Waals surface area (Å²) >= 11 is 1.72. The highest BCUT2D eigenvalue weighted by Gasteiger charge is 2.25. The van der Waals surface area contributed by atoms with Gasteiger partial charge in [0.25, 0.3) is 0 Å². The lowest BCUT2D eigenvalue weighted by Gasteiger charge is -2.32. The largest absolute Gasteiger partial charge is 0.345 e. The minimum Gasteiger partial charge on any atom is -0.345 e. The summed E-state index contributed by atoms with van der Waals surface area (Å²) in [6.07, 6.45) is 2.20. The molecule has 1 N–H and O–H groups in total. The zero-order chi connectivity index (χ0) is 15.5. The van der Waals surface area contributed by atoms with Crippen LogP contribution in [0.25, 0.3) is 0 Å². The van der Waals surface area contributed by atoms with Crippen molar-refractivity contribution in [2.75, 3.05) is 43.9 Å². The zero-order valence-corrected chi connectivity index (χ0v) is 14.6. The fraction of sp³-hybridized carbons (Fsp3) is 0.769. The first-order valence-electron chi connectivity index (χ1n) is 7.35. The zero-order valence-electron chi connectivity index (χ0n) is 12.9. The summed E-state index contributed by atoms with van der Waals surface area (Å²) in [5, 5.41) is 4.37. The van der Waals surface area contributed by atoms with Crippen LogP contribution >= 0.6 is 11.3 Å². The van der Waals surface area contributed by atoms with E-state index in [2.05, 4.69) is 24.1 Å². The van der Waals surface area contributed by atoms with Gasteiger partial charge in [0.15, 0.2) is 5.13 Å². The maximum atomic E-state index is 11.5. The summed E-state index contributed by atoms with van der Waals surface area (Å²) in [5.74, 6) is 0. The standard InChI is InChI=1S/C13H24N4O2S2/c1-4-11-12(10-14-5-2)20-13(15-11)16-6-8-17(9-7-16)21(3,18)19/h14H,4-10H2,1-3H3. The highest BCUT2D eigenvalue weighted by molar-refractivity contribution is 7.88. The number of piperazine rings is 1. The minimum atomic E-state index is -3.07. The smallest absolute Gasteiger partial charge is 0.211 e. The lowest BCUT2D eigenvalue weighted by Crippen LogP contribution is -2.48. The van der Waals surface area contributed by atoms with Gasteiger partial charge in [-0.05, 0) is 13.0 Å². The molecule has 1 aromatic heterocycles. The first-order valence-corrected chi connectivity index (χ1v) is 10.0. The molecule has 0 spiro atoms. The second-order valence-corrected chi connectivity index (χ2v) is 8.19. The van der Waals surface area contributed by atoms with Crippen LogP contribution < -0.4 is 10.2 Å². The molecule has 0 aromatic carbocycles. The van der Waals surface area contributed by atoms with Crippen LogP contribution in [0.4, 0.5) is 5.13 Å². The predicted octanol–water partition coefficient (Wildman–Crippen LogP) is 0.897. The molecule has 0 radical (unpaired) electrons. The Balaban J connectivity index is 2.05. The number of hydrogen-bond donors (Lipinski definition) is 1. The second kappa shape index (κ2) is 7.04. The quantitative estimate of drug-likeness (QED) is 0.838. The van der Waals surface area contributed by atoms with E-state index in [9.17, 15) is 8.42 Å². The molecular weight excluding hydrogens is 308 g/mol. The van der Waals surface area contributed by atoms with Crippen molar-refractivity contribution < 1.29 is 8.42 Å². The van der Waals surface area contributed by atoms with Gasteiger partial charge >= 0.3 is 0 Å².